The molecule has 3 aromatic rings. The summed E-state index contributed by atoms with van der Waals surface area (Å²) < 4.78 is 17.4. The lowest BCUT2D eigenvalue weighted by Crippen LogP contribution is -2.21. The maximum atomic E-state index is 12.8. The quantitative estimate of drug-likeness (QED) is 0.398. The van der Waals surface area contributed by atoms with Gasteiger partial charge < -0.3 is 14.2 Å². The van der Waals surface area contributed by atoms with E-state index in [9.17, 15) is 4.79 Å². The zero-order chi connectivity index (χ0) is 22.5. The lowest BCUT2D eigenvalue weighted by molar-refractivity contribution is -0.137. The fourth-order valence-corrected chi connectivity index (χ4v) is 3.94. The number of fused-ring (bicyclic) bond motifs is 1. The van der Waals surface area contributed by atoms with Gasteiger partial charge in [-0.15, -0.1) is 10.2 Å². The topological polar surface area (TPSA) is 87.8 Å². The van der Waals surface area contributed by atoms with Crippen LogP contribution in [0.15, 0.2) is 64.4 Å². The second kappa shape index (κ2) is 9.69. The van der Waals surface area contributed by atoms with Gasteiger partial charge in [0, 0.05) is 11.3 Å². The Hall–Kier alpha value is -3.59. The van der Waals surface area contributed by atoms with Gasteiger partial charge in [0.1, 0.15) is 11.5 Å². The molecule has 0 bridgehead atoms. The molecule has 4 rings (SSSR count). The fourth-order valence-electron chi connectivity index (χ4n) is 3.12. The van der Waals surface area contributed by atoms with Crippen molar-refractivity contribution >= 4 is 29.5 Å². The van der Waals surface area contributed by atoms with Crippen molar-refractivity contribution in [2.75, 3.05) is 26.6 Å². The van der Waals surface area contributed by atoms with Crippen molar-refractivity contribution in [3.8, 4) is 22.9 Å². The van der Waals surface area contributed by atoms with Crippen molar-refractivity contribution in [3.05, 3.63) is 59.7 Å². The van der Waals surface area contributed by atoms with Crippen LogP contribution in [-0.2, 0) is 9.53 Å². The summed E-state index contributed by atoms with van der Waals surface area (Å²) in [6.45, 7) is 2.05. The van der Waals surface area contributed by atoms with Crippen LogP contribution in [0.3, 0.4) is 0 Å². The van der Waals surface area contributed by atoms with Crippen LogP contribution in [0.2, 0.25) is 0 Å². The number of benzene rings is 2. The molecule has 32 heavy (non-hydrogen) atoms. The average molecular weight is 451 g/mol. The fraction of sp³-hybridized carbons (Fsp3) is 0.217. The maximum Gasteiger partial charge on any atom is 0.340 e. The van der Waals surface area contributed by atoms with Crippen LogP contribution < -0.4 is 9.47 Å². The number of ether oxygens (including phenoxy) is 3. The third-order valence-corrected chi connectivity index (χ3v) is 5.68. The number of nitrogens with zero attached hydrogens (tertiary/aromatic N) is 4. The summed E-state index contributed by atoms with van der Waals surface area (Å²) in [6, 6.07) is 14.9. The first-order valence-corrected chi connectivity index (χ1v) is 10.9. The highest BCUT2D eigenvalue weighted by Crippen LogP contribution is 2.30. The van der Waals surface area contributed by atoms with Crippen molar-refractivity contribution in [2.45, 2.75) is 12.1 Å². The summed E-state index contributed by atoms with van der Waals surface area (Å²) in [5.74, 6) is 2.12. The molecular weight excluding hydrogens is 428 g/mol. The molecule has 164 valence electrons. The van der Waals surface area contributed by atoms with E-state index < -0.39 is 5.97 Å². The highest BCUT2D eigenvalue weighted by Gasteiger charge is 2.25. The van der Waals surface area contributed by atoms with E-state index >= 15 is 0 Å². The van der Waals surface area contributed by atoms with Crippen molar-refractivity contribution in [1.29, 1.82) is 0 Å². The Morgan fingerprint density at radius 2 is 1.69 bits per heavy atom. The molecule has 1 aliphatic rings. The molecule has 0 saturated heterocycles. The van der Waals surface area contributed by atoms with Gasteiger partial charge in [-0.3, -0.25) is 0 Å². The zero-order valence-corrected chi connectivity index (χ0v) is 18.8. The summed E-state index contributed by atoms with van der Waals surface area (Å²) >= 11 is 1.47. The molecular formula is C23H22N4O4S. The Balaban J connectivity index is 1.74. The van der Waals surface area contributed by atoms with Gasteiger partial charge in [-0.2, -0.15) is 9.78 Å². The average Bonchev–Trinajstić information content (AvgIpc) is 3.26. The summed E-state index contributed by atoms with van der Waals surface area (Å²) in [4.78, 5) is 12.8. The molecule has 2 heterocycles. The lowest BCUT2D eigenvalue weighted by atomic mass is 10.1. The number of carbonyl (C=O) groups is 1. The van der Waals surface area contributed by atoms with Gasteiger partial charge in [0.15, 0.2) is 5.82 Å². The number of carbonyl (C=O) groups excluding carboxylic acids is 1. The molecule has 8 nitrogen and oxygen atoms in total. The van der Waals surface area contributed by atoms with Crippen molar-refractivity contribution < 1.29 is 19.0 Å². The Bertz CT molecular complexity index is 1170. The minimum absolute atomic E-state index is 0.272. The lowest BCUT2D eigenvalue weighted by Gasteiger charge is -2.16. The van der Waals surface area contributed by atoms with E-state index in [1.54, 1.807) is 31.9 Å². The second-order valence-electron chi connectivity index (χ2n) is 6.73. The van der Waals surface area contributed by atoms with Crippen LogP contribution in [0.4, 0.5) is 0 Å². The highest BCUT2D eigenvalue weighted by atomic mass is 32.2. The zero-order valence-electron chi connectivity index (χ0n) is 17.9. The summed E-state index contributed by atoms with van der Waals surface area (Å²) in [5, 5.41) is 13.9. The van der Waals surface area contributed by atoms with Gasteiger partial charge in [-0.25, -0.2) is 4.79 Å². The highest BCUT2D eigenvalue weighted by molar-refractivity contribution is 7.99. The Morgan fingerprint density at radius 3 is 2.31 bits per heavy atom. The molecule has 0 spiro atoms. The van der Waals surface area contributed by atoms with Gasteiger partial charge >= 0.3 is 5.97 Å². The molecule has 0 fully saturated rings. The van der Waals surface area contributed by atoms with E-state index in [4.69, 9.17) is 19.3 Å². The molecule has 1 aliphatic heterocycles. The molecule has 9 heteroatoms. The SMILES string of the molecule is CCOC(=O)/C(=C\c1ccc(OC)cc1)C1=Nn2c(nnc2-c2ccc(OC)cc2)SC1. The van der Waals surface area contributed by atoms with E-state index in [0.29, 0.717) is 28.0 Å². The molecule has 0 aliphatic carbocycles. The molecule has 0 atom stereocenters. The molecule has 0 saturated carbocycles. The van der Waals surface area contributed by atoms with Gasteiger partial charge in [-0.05, 0) is 55.0 Å². The van der Waals surface area contributed by atoms with Gasteiger partial charge in [0.25, 0.3) is 0 Å². The largest absolute Gasteiger partial charge is 0.497 e. The molecule has 0 radical (unpaired) electrons. The summed E-state index contributed by atoms with van der Waals surface area (Å²) in [7, 11) is 3.23. The molecule has 0 N–H and O–H groups in total. The van der Waals surface area contributed by atoms with Crippen LogP contribution in [0.1, 0.15) is 12.5 Å². The molecule has 2 aromatic carbocycles. The summed E-state index contributed by atoms with van der Waals surface area (Å²) in [6.07, 6.45) is 1.78. The van der Waals surface area contributed by atoms with Gasteiger partial charge in [-0.1, -0.05) is 23.9 Å². The van der Waals surface area contributed by atoms with Crippen molar-refractivity contribution in [1.82, 2.24) is 14.9 Å². The maximum absolute atomic E-state index is 12.8. The van der Waals surface area contributed by atoms with Crippen LogP contribution in [0.5, 0.6) is 11.5 Å². The van der Waals surface area contributed by atoms with Crippen molar-refractivity contribution in [2.24, 2.45) is 5.10 Å². The van der Waals surface area contributed by atoms with E-state index in [0.717, 1.165) is 22.6 Å². The minimum atomic E-state index is -0.426. The van der Waals surface area contributed by atoms with E-state index in [2.05, 4.69) is 10.2 Å². The third-order valence-electron chi connectivity index (χ3n) is 4.75. The monoisotopic (exact) mass is 450 g/mol. The first-order valence-electron chi connectivity index (χ1n) is 9.96. The Morgan fingerprint density at radius 1 is 1.03 bits per heavy atom. The number of aromatic nitrogens is 3. The van der Waals surface area contributed by atoms with Gasteiger partial charge in [0.2, 0.25) is 5.16 Å². The second-order valence-corrected chi connectivity index (χ2v) is 7.68. The van der Waals surface area contributed by atoms with E-state index in [-0.39, 0.29) is 6.61 Å². The van der Waals surface area contributed by atoms with Crippen LogP contribution >= 0.6 is 11.8 Å². The smallest absolute Gasteiger partial charge is 0.340 e. The number of hydrogen-bond acceptors (Lipinski definition) is 8. The van der Waals surface area contributed by atoms with Crippen molar-refractivity contribution in [3.63, 3.8) is 0 Å². The van der Waals surface area contributed by atoms with Gasteiger partial charge in [0.05, 0.1) is 32.1 Å². The van der Waals surface area contributed by atoms with E-state index in [1.807, 2.05) is 48.5 Å². The molecule has 0 unspecified atom stereocenters. The minimum Gasteiger partial charge on any atom is -0.497 e. The van der Waals surface area contributed by atoms with E-state index in [1.165, 1.54) is 11.8 Å². The summed E-state index contributed by atoms with van der Waals surface area (Å²) in [5.41, 5.74) is 2.66. The third kappa shape index (κ3) is 4.52. The number of rotatable bonds is 7. The van der Waals surface area contributed by atoms with Crippen LogP contribution in [0, 0.1) is 0 Å². The Labute approximate surface area is 189 Å². The standard InChI is InChI=1S/C23H22N4O4S/c1-4-31-22(28)19(13-15-5-9-17(29-2)10-6-15)20-14-32-23-25-24-21(27(23)26-20)16-7-11-18(30-3)12-8-16/h5-13H,4,14H2,1-3H3/b19-13-. The normalized spacial score (nSPS) is 13.2. The predicted octanol–water partition coefficient (Wildman–Crippen LogP) is 3.92. The number of hydrogen-bond donors (Lipinski definition) is 0. The predicted molar refractivity (Wildman–Crippen MR) is 123 cm³/mol. The number of esters is 1. The number of thioether (sulfide) groups is 1. The number of methoxy groups -OCH3 is 2. The first kappa shape index (κ1) is 21.6. The first-order chi connectivity index (χ1) is 15.6. The molecule has 1 aromatic heterocycles. The van der Waals surface area contributed by atoms with Crippen LogP contribution in [-0.4, -0.2) is 53.1 Å². The Kier molecular flexibility index (Phi) is 6.55. The molecule has 0 amide bonds. The van der Waals surface area contributed by atoms with Crippen LogP contribution in [0.25, 0.3) is 17.5 Å².